The summed E-state index contributed by atoms with van der Waals surface area (Å²) in [6.07, 6.45) is 3.93. The Kier molecular flexibility index (Phi) is 5.81. The molecule has 0 bridgehead atoms. The zero-order valence-electron chi connectivity index (χ0n) is 18.4. The van der Waals surface area contributed by atoms with E-state index in [1.165, 1.54) is 29.4 Å². The Morgan fingerprint density at radius 3 is 2.65 bits per heavy atom. The number of hydrogen-bond acceptors (Lipinski definition) is 5. The third-order valence-electron chi connectivity index (χ3n) is 7.21. The van der Waals surface area contributed by atoms with Crippen LogP contribution in [0.2, 0.25) is 5.02 Å². The Morgan fingerprint density at radius 1 is 1.24 bits per heavy atom. The molecule has 1 aromatic heterocycles. The van der Waals surface area contributed by atoms with E-state index in [0.717, 1.165) is 0 Å². The van der Waals surface area contributed by atoms with Crippen molar-refractivity contribution in [1.29, 1.82) is 0 Å². The van der Waals surface area contributed by atoms with Crippen LogP contribution in [0, 0.1) is 11.2 Å². The predicted molar refractivity (Wildman–Crippen MR) is 121 cm³/mol. The number of hydrogen-bond donors (Lipinski definition) is 3. The van der Waals surface area contributed by atoms with E-state index in [1.54, 1.807) is 4.90 Å². The molecule has 3 amide bonds. The third kappa shape index (κ3) is 3.94. The van der Waals surface area contributed by atoms with Crippen molar-refractivity contribution in [2.75, 3.05) is 24.5 Å². The maximum absolute atomic E-state index is 13.4. The number of anilines is 1. The lowest BCUT2D eigenvalue weighted by Gasteiger charge is -2.36. The second-order valence-corrected chi connectivity index (χ2v) is 9.73. The predicted octanol–water partition coefficient (Wildman–Crippen LogP) is 2.11. The molecular formula is C23H25ClFN5O4. The highest BCUT2D eigenvalue weighted by Crippen LogP contribution is 2.47. The minimum Gasteiger partial charge on any atom is -0.389 e. The number of nitrogens with one attached hydrogen (secondary N) is 2. The number of rotatable bonds is 4. The van der Waals surface area contributed by atoms with Gasteiger partial charge in [-0.15, -0.1) is 0 Å². The van der Waals surface area contributed by atoms with Gasteiger partial charge in [-0.3, -0.25) is 14.4 Å². The van der Waals surface area contributed by atoms with Gasteiger partial charge in [0.2, 0.25) is 5.91 Å². The van der Waals surface area contributed by atoms with Crippen LogP contribution in [-0.4, -0.2) is 69.5 Å². The molecule has 11 heteroatoms. The summed E-state index contributed by atoms with van der Waals surface area (Å²) in [4.78, 5) is 48.5. The van der Waals surface area contributed by atoms with Crippen LogP contribution in [0.3, 0.4) is 0 Å². The number of halogens is 2. The minimum absolute atomic E-state index is 0.0102. The molecule has 3 fully saturated rings. The summed E-state index contributed by atoms with van der Waals surface area (Å²) in [6.45, 7) is 0.976. The number of β-amino-alcohol motifs (C(OH)–C–C–N with tert-alkyl or cyclic N) is 1. The zero-order chi connectivity index (χ0) is 24.0. The SMILES string of the molecule is O=C(NC1CCC2(CC1)CCN(c1ccc(F)cc1Cl)C2=O)c1[nH]cnc1C(=O)N1CC(O)C1. The first-order valence-corrected chi connectivity index (χ1v) is 11.7. The van der Waals surface area contributed by atoms with E-state index in [4.69, 9.17) is 11.6 Å². The van der Waals surface area contributed by atoms with E-state index >= 15 is 0 Å². The first kappa shape index (κ1) is 22.8. The van der Waals surface area contributed by atoms with Crippen LogP contribution in [0.1, 0.15) is 53.1 Å². The van der Waals surface area contributed by atoms with Gasteiger partial charge in [-0.1, -0.05) is 11.6 Å². The van der Waals surface area contributed by atoms with Crippen LogP contribution >= 0.6 is 11.6 Å². The van der Waals surface area contributed by atoms with Gasteiger partial charge in [-0.25, -0.2) is 9.37 Å². The second-order valence-electron chi connectivity index (χ2n) is 9.32. The van der Waals surface area contributed by atoms with Crippen LogP contribution in [0.25, 0.3) is 0 Å². The van der Waals surface area contributed by atoms with Crippen molar-refractivity contribution in [1.82, 2.24) is 20.2 Å². The molecule has 0 radical (unpaired) electrons. The number of aliphatic hydroxyl groups is 1. The van der Waals surface area contributed by atoms with Crippen molar-refractivity contribution in [3.8, 4) is 0 Å². The number of carbonyl (C=O) groups is 3. The highest BCUT2D eigenvalue weighted by atomic mass is 35.5. The maximum Gasteiger partial charge on any atom is 0.275 e. The minimum atomic E-state index is -0.539. The summed E-state index contributed by atoms with van der Waals surface area (Å²) in [5.74, 6) is -1.27. The van der Waals surface area contributed by atoms with Crippen molar-refractivity contribution < 1.29 is 23.9 Å². The summed E-state index contributed by atoms with van der Waals surface area (Å²) >= 11 is 6.18. The van der Waals surface area contributed by atoms with Crippen LogP contribution in [0.15, 0.2) is 24.5 Å². The molecule has 3 N–H and O–H groups in total. The van der Waals surface area contributed by atoms with Gasteiger partial charge in [0.05, 0.1) is 28.6 Å². The summed E-state index contributed by atoms with van der Waals surface area (Å²) < 4.78 is 13.4. The monoisotopic (exact) mass is 489 g/mol. The quantitative estimate of drug-likeness (QED) is 0.608. The maximum atomic E-state index is 13.4. The second kappa shape index (κ2) is 8.66. The molecule has 1 aliphatic carbocycles. The molecule has 5 rings (SSSR count). The van der Waals surface area contributed by atoms with Crippen molar-refractivity contribution in [3.05, 3.63) is 46.8 Å². The number of amides is 3. The Bertz CT molecular complexity index is 1140. The molecule has 2 aliphatic heterocycles. The Balaban J connectivity index is 1.20. The molecule has 1 aromatic carbocycles. The summed E-state index contributed by atoms with van der Waals surface area (Å²) in [5.41, 5.74) is 0.147. The number of carbonyl (C=O) groups excluding carboxylic acids is 3. The van der Waals surface area contributed by atoms with Crippen LogP contribution in [-0.2, 0) is 4.79 Å². The molecule has 9 nitrogen and oxygen atoms in total. The summed E-state index contributed by atoms with van der Waals surface area (Å²) in [5, 5.41) is 12.6. The van der Waals surface area contributed by atoms with Gasteiger partial charge in [0.1, 0.15) is 11.5 Å². The average molecular weight is 490 g/mol. The first-order chi connectivity index (χ1) is 16.3. The average Bonchev–Trinajstić information content (AvgIpc) is 3.39. The number of benzene rings is 1. The molecule has 34 heavy (non-hydrogen) atoms. The van der Waals surface area contributed by atoms with Crippen LogP contribution < -0.4 is 10.2 Å². The molecule has 0 atom stereocenters. The van der Waals surface area contributed by atoms with Crippen molar-refractivity contribution in [2.24, 2.45) is 5.41 Å². The number of aromatic amines is 1. The molecule has 3 heterocycles. The van der Waals surface area contributed by atoms with Gasteiger partial charge in [-0.2, -0.15) is 0 Å². The Morgan fingerprint density at radius 2 is 1.97 bits per heavy atom. The summed E-state index contributed by atoms with van der Waals surface area (Å²) in [6, 6.07) is 3.90. The fourth-order valence-electron chi connectivity index (χ4n) is 5.19. The number of nitrogens with zero attached hydrogens (tertiary/aromatic N) is 3. The molecule has 1 spiro atoms. The van der Waals surface area contributed by atoms with Crippen molar-refractivity contribution >= 4 is 35.0 Å². The number of aromatic nitrogens is 2. The standard InChI is InChI=1S/C23H25ClFN5O4/c24-16-9-13(25)1-2-17(16)30-8-7-23(22(30)34)5-3-14(4-6-23)28-20(32)18-19(27-12-26-18)21(33)29-10-15(31)11-29/h1-2,9,12,14-15,31H,3-8,10-11H2,(H,26,27)(H,28,32). The highest BCUT2D eigenvalue weighted by Gasteiger charge is 2.49. The van der Waals surface area contributed by atoms with Crippen LogP contribution in [0.4, 0.5) is 10.1 Å². The fourth-order valence-corrected chi connectivity index (χ4v) is 5.46. The fraction of sp³-hybridized carbons (Fsp3) is 0.478. The molecule has 1 saturated carbocycles. The van der Waals surface area contributed by atoms with Gasteiger partial charge in [-0.05, 0) is 50.3 Å². The van der Waals surface area contributed by atoms with Crippen LogP contribution in [0.5, 0.6) is 0 Å². The normalized spacial score (nSPS) is 25.0. The number of H-pyrrole nitrogens is 1. The van der Waals surface area contributed by atoms with Gasteiger partial charge >= 0.3 is 0 Å². The number of aliphatic hydroxyl groups excluding tert-OH is 1. The Hall–Kier alpha value is -2.98. The van der Waals surface area contributed by atoms with Gasteiger partial charge < -0.3 is 25.2 Å². The van der Waals surface area contributed by atoms with E-state index in [-0.39, 0.29) is 41.4 Å². The van der Waals surface area contributed by atoms with E-state index in [1.807, 2.05) is 0 Å². The molecule has 180 valence electrons. The number of imidazole rings is 1. The molecule has 2 saturated heterocycles. The highest BCUT2D eigenvalue weighted by molar-refractivity contribution is 6.34. The van der Waals surface area contributed by atoms with E-state index in [0.29, 0.717) is 44.3 Å². The lowest BCUT2D eigenvalue weighted by molar-refractivity contribution is -0.127. The van der Waals surface area contributed by atoms with Gasteiger partial charge in [0.15, 0.2) is 5.69 Å². The lowest BCUT2D eigenvalue weighted by Crippen LogP contribution is -2.54. The smallest absolute Gasteiger partial charge is 0.275 e. The lowest BCUT2D eigenvalue weighted by atomic mass is 9.71. The van der Waals surface area contributed by atoms with Crippen molar-refractivity contribution in [2.45, 2.75) is 44.2 Å². The zero-order valence-corrected chi connectivity index (χ0v) is 19.1. The Labute approximate surface area is 200 Å². The van der Waals surface area contributed by atoms with Gasteiger partial charge in [0.25, 0.3) is 11.8 Å². The molecule has 0 unspecified atom stereocenters. The topological polar surface area (TPSA) is 119 Å². The van der Waals surface area contributed by atoms with Crippen molar-refractivity contribution in [3.63, 3.8) is 0 Å². The van der Waals surface area contributed by atoms with E-state index in [2.05, 4.69) is 15.3 Å². The first-order valence-electron chi connectivity index (χ1n) is 11.4. The van der Waals surface area contributed by atoms with Gasteiger partial charge in [0, 0.05) is 25.7 Å². The van der Waals surface area contributed by atoms with E-state index in [9.17, 15) is 23.9 Å². The largest absolute Gasteiger partial charge is 0.389 e. The van der Waals surface area contributed by atoms with E-state index < -0.39 is 29.2 Å². The molecule has 2 aromatic rings. The third-order valence-corrected chi connectivity index (χ3v) is 7.51. The number of likely N-dealkylation sites (tertiary alicyclic amines) is 1. The molecular weight excluding hydrogens is 465 g/mol. The summed E-state index contributed by atoms with van der Waals surface area (Å²) in [7, 11) is 0. The molecule has 3 aliphatic rings.